The summed E-state index contributed by atoms with van der Waals surface area (Å²) in [7, 11) is 0. The minimum atomic E-state index is 0.720. The summed E-state index contributed by atoms with van der Waals surface area (Å²) in [5, 5.41) is 0. The van der Waals surface area contributed by atoms with E-state index in [0.29, 0.717) is 0 Å². The zero-order chi connectivity index (χ0) is 19.6. The summed E-state index contributed by atoms with van der Waals surface area (Å²) in [4.78, 5) is 0. The second kappa shape index (κ2) is 11.2. The molecule has 150 valence electrons. The van der Waals surface area contributed by atoms with E-state index in [0.717, 1.165) is 25.0 Å². The summed E-state index contributed by atoms with van der Waals surface area (Å²) in [6, 6.07) is 18.4. The predicted octanol–water partition coefficient (Wildman–Crippen LogP) is 7.87. The van der Waals surface area contributed by atoms with Crippen LogP contribution < -0.4 is 0 Å². The Kier molecular flexibility index (Phi) is 8.36. The maximum atomic E-state index is 5.79. The lowest BCUT2D eigenvalue weighted by atomic mass is 9.76. The van der Waals surface area contributed by atoms with Gasteiger partial charge in [-0.25, -0.2) is 0 Å². The van der Waals surface area contributed by atoms with E-state index in [9.17, 15) is 0 Å². The molecule has 2 aromatic carbocycles. The van der Waals surface area contributed by atoms with Crippen LogP contribution in [0, 0.1) is 0 Å². The van der Waals surface area contributed by atoms with Crippen LogP contribution >= 0.6 is 0 Å². The van der Waals surface area contributed by atoms with Gasteiger partial charge in [-0.2, -0.15) is 0 Å². The van der Waals surface area contributed by atoms with Crippen LogP contribution in [-0.4, -0.2) is 6.61 Å². The minimum Gasteiger partial charge on any atom is -0.377 e. The summed E-state index contributed by atoms with van der Waals surface area (Å²) in [6.07, 6.45) is 13.2. The highest BCUT2D eigenvalue weighted by Gasteiger charge is 2.23. The number of unbranched alkanes of at least 4 members (excludes halogenated alkanes) is 2. The lowest BCUT2D eigenvalue weighted by Gasteiger charge is -2.29. The molecule has 1 aliphatic rings. The van der Waals surface area contributed by atoms with E-state index in [4.69, 9.17) is 4.74 Å². The molecule has 0 unspecified atom stereocenters. The maximum Gasteiger partial charge on any atom is 0.0716 e. The van der Waals surface area contributed by atoms with E-state index in [-0.39, 0.29) is 0 Å². The van der Waals surface area contributed by atoms with Gasteiger partial charge in [0.25, 0.3) is 0 Å². The Hall–Kier alpha value is -1.86. The molecular weight excluding hydrogens is 340 g/mol. The zero-order valence-corrected chi connectivity index (χ0v) is 17.7. The largest absolute Gasteiger partial charge is 0.377 e. The SMILES string of the molecule is C/C=C\c1ccc([C@H]2CC[C@H](c3ccc(COCCCCC)cc3)CC2)cc1. The Morgan fingerprint density at radius 3 is 1.93 bits per heavy atom. The standard InChI is InChI=1S/C27H36O/c1-3-5-6-20-28-21-23-10-14-25(15-11-23)27-18-16-26(17-19-27)24-12-8-22(7-4-2)9-13-24/h4,7-15,26-27H,3,5-6,16-21H2,1-2H3/b7-4-/t26-,27-. The molecule has 1 nitrogen and oxygen atoms in total. The van der Waals surface area contributed by atoms with Gasteiger partial charge in [-0.1, -0.05) is 80.4 Å². The van der Waals surface area contributed by atoms with Crippen LogP contribution in [-0.2, 0) is 11.3 Å². The normalized spacial score (nSPS) is 19.9. The molecule has 1 heteroatoms. The van der Waals surface area contributed by atoms with E-state index in [2.05, 4.69) is 74.5 Å². The summed E-state index contributed by atoms with van der Waals surface area (Å²) < 4.78 is 5.79. The highest BCUT2D eigenvalue weighted by molar-refractivity contribution is 5.49. The Bertz CT molecular complexity index is 703. The topological polar surface area (TPSA) is 9.23 Å². The fourth-order valence-electron chi connectivity index (χ4n) is 4.36. The third-order valence-corrected chi connectivity index (χ3v) is 6.11. The summed E-state index contributed by atoms with van der Waals surface area (Å²) in [5.41, 5.74) is 5.63. The summed E-state index contributed by atoms with van der Waals surface area (Å²) >= 11 is 0. The van der Waals surface area contributed by atoms with Gasteiger partial charge < -0.3 is 4.74 Å². The molecule has 0 amide bonds. The van der Waals surface area contributed by atoms with Crippen molar-refractivity contribution in [3.8, 4) is 0 Å². The van der Waals surface area contributed by atoms with Crippen LogP contribution in [0.3, 0.4) is 0 Å². The highest BCUT2D eigenvalue weighted by atomic mass is 16.5. The third kappa shape index (κ3) is 6.07. The van der Waals surface area contributed by atoms with Gasteiger partial charge >= 0.3 is 0 Å². The van der Waals surface area contributed by atoms with Gasteiger partial charge in [-0.05, 0) is 73.1 Å². The number of hydrogen-bond acceptors (Lipinski definition) is 1. The van der Waals surface area contributed by atoms with E-state index < -0.39 is 0 Å². The Labute approximate surface area is 171 Å². The average Bonchev–Trinajstić information content (AvgIpc) is 2.75. The number of ether oxygens (including phenoxy) is 1. The molecule has 1 aliphatic carbocycles. The van der Waals surface area contributed by atoms with Crippen LogP contribution in [0.15, 0.2) is 54.6 Å². The monoisotopic (exact) mass is 376 g/mol. The van der Waals surface area contributed by atoms with Gasteiger partial charge in [0, 0.05) is 6.61 Å². The fraction of sp³-hybridized carbons (Fsp3) is 0.481. The van der Waals surface area contributed by atoms with Gasteiger partial charge in [0.05, 0.1) is 6.61 Å². The molecule has 0 aliphatic heterocycles. The third-order valence-electron chi connectivity index (χ3n) is 6.11. The van der Waals surface area contributed by atoms with Crippen LogP contribution in [0.1, 0.15) is 92.9 Å². The van der Waals surface area contributed by atoms with Crippen LogP contribution in [0.25, 0.3) is 6.08 Å². The number of rotatable bonds is 9. The smallest absolute Gasteiger partial charge is 0.0716 e. The number of benzene rings is 2. The molecule has 3 rings (SSSR count). The van der Waals surface area contributed by atoms with Crippen molar-refractivity contribution in [2.24, 2.45) is 0 Å². The zero-order valence-electron chi connectivity index (χ0n) is 17.7. The van der Waals surface area contributed by atoms with Crippen molar-refractivity contribution in [3.05, 3.63) is 76.9 Å². The molecule has 0 atom stereocenters. The van der Waals surface area contributed by atoms with Crippen LogP contribution in [0.2, 0.25) is 0 Å². The summed E-state index contributed by atoms with van der Waals surface area (Å²) in [6.45, 7) is 5.94. The van der Waals surface area contributed by atoms with E-state index >= 15 is 0 Å². The molecule has 28 heavy (non-hydrogen) atoms. The lowest BCUT2D eigenvalue weighted by Crippen LogP contribution is -2.12. The van der Waals surface area contributed by atoms with Crippen LogP contribution in [0.4, 0.5) is 0 Å². The molecular formula is C27H36O. The van der Waals surface area contributed by atoms with Gasteiger partial charge in [0.2, 0.25) is 0 Å². The molecule has 0 heterocycles. The van der Waals surface area contributed by atoms with Crippen molar-refractivity contribution in [1.82, 2.24) is 0 Å². The summed E-state index contributed by atoms with van der Waals surface area (Å²) in [5.74, 6) is 1.45. The predicted molar refractivity (Wildman–Crippen MR) is 121 cm³/mol. The van der Waals surface area contributed by atoms with Crippen LogP contribution in [0.5, 0.6) is 0 Å². The fourth-order valence-corrected chi connectivity index (χ4v) is 4.36. The van der Waals surface area contributed by atoms with Crippen molar-refractivity contribution in [1.29, 1.82) is 0 Å². The molecule has 0 N–H and O–H groups in total. The van der Waals surface area contributed by atoms with Crippen molar-refractivity contribution in [3.63, 3.8) is 0 Å². The van der Waals surface area contributed by atoms with E-state index in [1.54, 1.807) is 0 Å². The minimum absolute atomic E-state index is 0.720. The lowest BCUT2D eigenvalue weighted by molar-refractivity contribution is 0.117. The molecule has 0 bridgehead atoms. The first-order valence-electron chi connectivity index (χ1n) is 11.2. The van der Waals surface area contributed by atoms with Gasteiger partial charge in [0.15, 0.2) is 0 Å². The number of hydrogen-bond donors (Lipinski definition) is 0. The van der Waals surface area contributed by atoms with E-state index in [1.165, 1.54) is 67.2 Å². The molecule has 0 saturated heterocycles. The quantitative estimate of drug-likeness (QED) is 0.405. The molecule has 1 fully saturated rings. The first-order valence-corrected chi connectivity index (χ1v) is 11.2. The molecule has 0 aromatic heterocycles. The Morgan fingerprint density at radius 2 is 1.39 bits per heavy atom. The Morgan fingerprint density at radius 1 is 0.821 bits per heavy atom. The van der Waals surface area contributed by atoms with Gasteiger partial charge in [0.1, 0.15) is 0 Å². The second-order valence-electron chi connectivity index (χ2n) is 8.22. The van der Waals surface area contributed by atoms with Crippen molar-refractivity contribution in [2.75, 3.05) is 6.61 Å². The van der Waals surface area contributed by atoms with Crippen molar-refractivity contribution in [2.45, 2.75) is 77.2 Å². The Balaban J connectivity index is 1.46. The average molecular weight is 377 g/mol. The first-order chi connectivity index (χ1) is 13.8. The van der Waals surface area contributed by atoms with Gasteiger partial charge in [-0.3, -0.25) is 0 Å². The maximum absolute atomic E-state index is 5.79. The van der Waals surface area contributed by atoms with Gasteiger partial charge in [-0.15, -0.1) is 0 Å². The molecule has 0 radical (unpaired) electrons. The highest BCUT2D eigenvalue weighted by Crippen LogP contribution is 2.40. The van der Waals surface area contributed by atoms with Crippen molar-refractivity contribution >= 4 is 6.08 Å². The molecule has 2 aromatic rings. The molecule has 1 saturated carbocycles. The number of allylic oxidation sites excluding steroid dienone is 1. The molecule has 0 spiro atoms. The van der Waals surface area contributed by atoms with Crippen molar-refractivity contribution < 1.29 is 4.74 Å². The van der Waals surface area contributed by atoms with E-state index in [1.807, 2.05) is 0 Å². The second-order valence-corrected chi connectivity index (χ2v) is 8.22. The first kappa shape index (κ1) is 20.9.